The third-order valence-corrected chi connectivity index (χ3v) is 6.14. The van der Waals surface area contributed by atoms with E-state index in [1.54, 1.807) is 29.7 Å². The molecule has 164 valence electrons. The third kappa shape index (κ3) is 3.19. The van der Waals surface area contributed by atoms with Crippen LogP contribution in [0.4, 0.5) is 15.9 Å². The maximum atomic E-state index is 14.3. The normalized spacial score (nSPS) is 17.8. The zero-order chi connectivity index (χ0) is 22.6. The van der Waals surface area contributed by atoms with Crippen LogP contribution in [0.15, 0.2) is 36.7 Å². The largest absolute Gasteiger partial charge is 0.387 e. The molecule has 0 unspecified atom stereocenters. The maximum absolute atomic E-state index is 14.3. The fraction of sp³-hybridized carbons (Fsp3) is 0.318. The van der Waals surface area contributed by atoms with Crippen molar-refractivity contribution in [3.63, 3.8) is 0 Å². The molecule has 1 saturated heterocycles. The first kappa shape index (κ1) is 20.1. The van der Waals surface area contributed by atoms with Crippen molar-refractivity contribution < 1.29 is 14.1 Å². The van der Waals surface area contributed by atoms with Gasteiger partial charge < -0.3 is 19.9 Å². The van der Waals surface area contributed by atoms with Crippen molar-refractivity contribution in [1.82, 2.24) is 19.7 Å². The van der Waals surface area contributed by atoms with Gasteiger partial charge in [0.1, 0.15) is 17.7 Å². The lowest BCUT2D eigenvalue weighted by Crippen LogP contribution is -2.31. The van der Waals surface area contributed by atoms with Gasteiger partial charge in [-0.2, -0.15) is 5.10 Å². The number of nitro groups is 1. The number of aromatic nitrogens is 3. The van der Waals surface area contributed by atoms with Gasteiger partial charge in [0.25, 0.3) is 5.91 Å². The van der Waals surface area contributed by atoms with Crippen molar-refractivity contribution in [2.45, 2.75) is 25.4 Å². The molecule has 1 aromatic carbocycles. The van der Waals surface area contributed by atoms with Gasteiger partial charge in [-0.3, -0.25) is 9.48 Å². The number of aryl methyl sites for hydroxylation is 1. The first-order chi connectivity index (χ1) is 15.3. The standard InChI is InChI=1S/C22H21FN6O3/c1-26-12-18-17(11-27(2)25-18)13-8-20(21(24-10-13)29(31)32)28-7-3-4-19(28)16-9-14(23)5-6-15(16)22(26)30/h5-6,8-11,19H,3-4,7,12H2,1-2H3/t19-/m1/s1. The lowest BCUT2D eigenvalue weighted by Gasteiger charge is -2.29. The summed E-state index contributed by atoms with van der Waals surface area (Å²) in [7, 11) is 3.47. The smallest absolute Gasteiger partial charge is 0.358 e. The van der Waals surface area contributed by atoms with E-state index in [0.29, 0.717) is 41.0 Å². The van der Waals surface area contributed by atoms with Crippen LogP contribution in [0.1, 0.15) is 40.5 Å². The molecule has 10 heteroatoms. The Morgan fingerprint density at radius 2 is 2.03 bits per heavy atom. The van der Waals surface area contributed by atoms with Crippen LogP contribution in [0.2, 0.25) is 0 Å². The van der Waals surface area contributed by atoms with E-state index in [4.69, 9.17) is 0 Å². The molecular weight excluding hydrogens is 415 g/mol. The number of benzene rings is 1. The van der Waals surface area contributed by atoms with Crippen LogP contribution in [0.3, 0.4) is 0 Å². The number of carbonyl (C=O) groups excluding carboxylic acids is 1. The van der Waals surface area contributed by atoms with Gasteiger partial charge in [0.15, 0.2) is 0 Å². The topological polar surface area (TPSA) is 97.4 Å². The Kier molecular flexibility index (Phi) is 4.65. The highest BCUT2D eigenvalue weighted by atomic mass is 19.1. The molecule has 0 N–H and O–H groups in total. The van der Waals surface area contributed by atoms with Gasteiger partial charge in [0.05, 0.1) is 18.3 Å². The number of hydrogen-bond donors (Lipinski definition) is 0. The summed E-state index contributed by atoms with van der Waals surface area (Å²) >= 11 is 0. The van der Waals surface area contributed by atoms with Crippen molar-refractivity contribution in [2.24, 2.45) is 7.05 Å². The van der Waals surface area contributed by atoms with E-state index in [0.717, 1.165) is 12.0 Å². The average Bonchev–Trinajstić information content (AvgIpc) is 3.38. The second-order valence-corrected chi connectivity index (χ2v) is 8.23. The van der Waals surface area contributed by atoms with E-state index in [9.17, 15) is 19.3 Å². The molecule has 0 spiro atoms. The number of amides is 1. The van der Waals surface area contributed by atoms with E-state index in [1.807, 2.05) is 11.1 Å². The molecular formula is C22H21FN6O3. The monoisotopic (exact) mass is 436 g/mol. The van der Waals surface area contributed by atoms with Gasteiger partial charge in [0, 0.05) is 43.5 Å². The molecule has 2 aliphatic rings. The highest BCUT2D eigenvalue weighted by Gasteiger charge is 2.35. The molecule has 0 aliphatic carbocycles. The lowest BCUT2D eigenvalue weighted by molar-refractivity contribution is -0.388. The van der Waals surface area contributed by atoms with Gasteiger partial charge in [-0.1, -0.05) is 0 Å². The van der Waals surface area contributed by atoms with Crippen molar-refractivity contribution in [3.8, 4) is 11.1 Å². The van der Waals surface area contributed by atoms with Gasteiger partial charge in [-0.25, -0.2) is 4.39 Å². The predicted molar refractivity (Wildman–Crippen MR) is 115 cm³/mol. The van der Waals surface area contributed by atoms with Gasteiger partial charge in [0.2, 0.25) is 0 Å². The van der Waals surface area contributed by atoms with E-state index >= 15 is 0 Å². The molecule has 2 aromatic heterocycles. The molecule has 0 radical (unpaired) electrons. The summed E-state index contributed by atoms with van der Waals surface area (Å²) in [6.45, 7) is 0.767. The summed E-state index contributed by atoms with van der Waals surface area (Å²) in [4.78, 5) is 32.3. The van der Waals surface area contributed by atoms with Crippen LogP contribution in [-0.4, -0.2) is 44.1 Å². The zero-order valence-corrected chi connectivity index (χ0v) is 17.7. The molecule has 2 aliphatic heterocycles. The first-order valence-corrected chi connectivity index (χ1v) is 10.3. The SMILES string of the molecule is CN1Cc2nn(C)cc2-c2cnc([N+](=O)[O-])c(c2)N2CCC[C@@H]2c2cc(F)ccc2C1=O. The Balaban J connectivity index is 1.80. The van der Waals surface area contributed by atoms with Crippen molar-refractivity contribution in [1.29, 1.82) is 0 Å². The summed E-state index contributed by atoms with van der Waals surface area (Å²) in [6.07, 6.45) is 4.68. The summed E-state index contributed by atoms with van der Waals surface area (Å²) in [5.74, 6) is -0.962. The predicted octanol–water partition coefficient (Wildman–Crippen LogP) is 3.46. The van der Waals surface area contributed by atoms with Crippen molar-refractivity contribution in [2.75, 3.05) is 18.5 Å². The van der Waals surface area contributed by atoms with Crippen LogP contribution < -0.4 is 4.90 Å². The number of halogens is 1. The minimum absolute atomic E-state index is 0.229. The maximum Gasteiger partial charge on any atom is 0.387 e. The van der Waals surface area contributed by atoms with E-state index in [1.165, 1.54) is 24.4 Å². The van der Waals surface area contributed by atoms with Crippen LogP contribution in [0.5, 0.6) is 0 Å². The summed E-state index contributed by atoms with van der Waals surface area (Å²) in [6, 6.07) is 5.51. The van der Waals surface area contributed by atoms with E-state index < -0.39 is 10.7 Å². The first-order valence-electron chi connectivity index (χ1n) is 10.3. The number of hydrogen-bond acceptors (Lipinski definition) is 6. The summed E-state index contributed by atoms with van der Waals surface area (Å²) in [5.41, 5.74) is 3.36. The van der Waals surface area contributed by atoms with Gasteiger partial charge in [-0.05, 0) is 52.6 Å². The third-order valence-electron chi connectivity index (χ3n) is 6.14. The highest BCUT2D eigenvalue weighted by molar-refractivity contribution is 5.96. The number of carbonyl (C=O) groups is 1. The quantitative estimate of drug-likeness (QED) is 0.428. The minimum atomic E-state index is -0.504. The average molecular weight is 436 g/mol. The van der Waals surface area contributed by atoms with Crippen LogP contribution >= 0.6 is 0 Å². The van der Waals surface area contributed by atoms with E-state index in [2.05, 4.69) is 10.1 Å². The second-order valence-electron chi connectivity index (χ2n) is 8.23. The highest BCUT2D eigenvalue weighted by Crippen LogP contribution is 2.43. The molecule has 32 heavy (non-hydrogen) atoms. The van der Waals surface area contributed by atoms with Crippen LogP contribution in [-0.2, 0) is 13.6 Å². The van der Waals surface area contributed by atoms with Gasteiger partial charge >= 0.3 is 5.82 Å². The molecule has 1 amide bonds. The Morgan fingerprint density at radius 1 is 1.22 bits per heavy atom. The Morgan fingerprint density at radius 3 is 2.81 bits per heavy atom. The molecule has 1 fully saturated rings. The minimum Gasteiger partial charge on any atom is -0.358 e. The fourth-order valence-electron chi connectivity index (χ4n) is 4.72. The molecule has 3 aromatic rings. The van der Waals surface area contributed by atoms with Crippen molar-refractivity contribution in [3.05, 3.63) is 69.4 Å². The number of rotatable bonds is 1. The molecule has 1 atom stereocenters. The lowest BCUT2D eigenvalue weighted by atomic mass is 9.96. The number of anilines is 1. The number of fused-ring (bicyclic) bond motifs is 8. The molecule has 4 heterocycles. The summed E-state index contributed by atoms with van der Waals surface area (Å²) in [5, 5.41) is 16.3. The second kappa shape index (κ2) is 7.40. The number of pyridine rings is 1. The zero-order valence-electron chi connectivity index (χ0n) is 17.7. The molecule has 0 saturated carbocycles. The molecule has 5 rings (SSSR count). The Bertz CT molecular complexity index is 1260. The van der Waals surface area contributed by atoms with Crippen LogP contribution in [0.25, 0.3) is 11.1 Å². The summed E-state index contributed by atoms with van der Waals surface area (Å²) < 4.78 is 15.9. The van der Waals surface area contributed by atoms with E-state index in [-0.39, 0.29) is 24.3 Å². The molecule has 2 bridgehead atoms. The number of nitrogens with zero attached hydrogens (tertiary/aromatic N) is 6. The fourth-order valence-corrected chi connectivity index (χ4v) is 4.72. The Labute approximate surface area is 183 Å². The molecule has 9 nitrogen and oxygen atoms in total. The Hall–Kier alpha value is -3.82. The van der Waals surface area contributed by atoms with Crippen LogP contribution in [0, 0.1) is 15.9 Å². The van der Waals surface area contributed by atoms with Gasteiger partial charge in [-0.15, -0.1) is 0 Å². The van der Waals surface area contributed by atoms with Crippen molar-refractivity contribution >= 4 is 17.4 Å².